The van der Waals surface area contributed by atoms with Crippen LogP contribution in [-0.2, 0) is 10.8 Å². The zero-order valence-corrected chi connectivity index (χ0v) is 69.7. The molecule has 0 N–H and O–H groups in total. The van der Waals surface area contributed by atoms with Gasteiger partial charge in [0.15, 0.2) is 34.9 Å². The molecular formula is C116H84BN11. The van der Waals surface area contributed by atoms with Gasteiger partial charge in [-0.05, 0) is 146 Å². The molecule has 0 radical (unpaired) electrons. The lowest BCUT2D eigenvalue weighted by atomic mass is 9.33. The Morgan fingerprint density at radius 2 is 0.484 bits per heavy atom. The van der Waals surface area contributed by atoms with E-state index in [2.05, 4.69) is 53.7 Å². The summed E-state index contributed by atoms with van der Waals surface area (Å²) in [7, 11) is 0. The van der Waals surface area contributed by atoms with Gasteiger partial charge in [-0.3, -0.25) is 0 Å². The van der Waals surface area contributed by atoms with E-state index in [1.165, 1.54) is 13.7 Å². The standard InChI is InChI=1S/C116H84BN11/c1-115(2,3)79-65-90(73-37-13-7-14-38-73)107(92(67-79)113-120-109(75-41-17-9-18-42-75)118-110(121-113)76-43-19-10-20-44-76)127-102-69-81(124-96-55-31-25-49-84(96)85-50-26-32-56-97(85)124)61-63-94(102)117-95-64-62-82(125-98-57-33-27-51-86(98)87-52-28-34-58-99(87)125)70-103(95)128(105-72-83(71-104(127)106(105)117)126-100-59-35-29-53-88(100)89-54-30-36-60-101(89)126)108-91(74-39-15-8-16-40-74)66-80(116(4,5)6)68-93(108)114-122-111(77-45-21-11-22-46-77)119-112(123-114)78-47-23-12-24-48-78/h7-72H,1-6H3/i25D,26D,27D,28D,29D,30D,31D,32D,33D,34D,35D,36D,49D,50D,51D,52D,53D,54D,55D,56D,57D,58D,59D,60D. The predicted octanol–water partition coefficient (Wildman–Crippen LogP) is 27.4. The van der Waals surface area contributed by atoms with Gasteiger partial charge in [-0.25, -0.2) is 29.9 Å². The third-order valence-corrected chi connectivity index (χ3v) is 24.3. The van der Waals surface area contributed by atoms with Crippen molar-refractivity contribution in [1.29, 1.82) is 0 Å². The van der Waals surface area contributed by atoms with Crippen molar-refractivity contribution in [1.82, 2.24) is 43.6 Å². The molecule has 0 spiro atoms. The fourth-order valence-electron chi connectivity index (χ4n) is 18.4. The third-order valence-electron chi connectivity index (χ3n) is 24.3. The second-order valence-electron chi connectivity index (χ2n) is 34.0. The lowest BCUT2D eigenvalue weighted by Crippen LogP contribution is -2.61. The minimum absolute atomic E-state index is 0.0513. The van der Waals surface area contributed by atoms with Crippen LogP contribution in [0.5, 0.6) is 0 Å². The van der Waals surface area contributed by atoms with Gasteiger partial charge in [-0.15, -0.1) is 0 Å². The number of benzene rings is 17. The average Bonchev–Trinajstić information content (AvgIpc) is 1.14. The van der Waals surface area contributed by atoms with Crippen LogP contribution < -0.4 is 26.2 Å². The monoisotopic (exact) mass is 1670 g/mol. The fourth-order valence-corrected chi connectivity index (χ4v) is 18.4. The summed E-state index contributed by atoms with van der Waals surface area (Å²) in [6, 6.07) is 62.9. The van der Waals surface area contributed by atoms with Gasteiger partial charge >= 0.3 is 0 Å². The van der Waals surface area contributed by atoms with E-state index in [9.17, 15) is 32.9 Å². The van der Waals surface area contributed by atoms with E-state index in [1.807, 2.05) is 216 Å². The molecule has 2 aliphatic rings. The van der Waals surface area contributed by atoms with E-state index >= 15 is 0 Å². The Bertz CT molecular complexity index is 8960. The van der Waals surface area contributed by atoms with Crippen LogP contribution in [-0.4, -0.2) is 50.3 Å². The van der Waals surface area contributed by atoms with Gasteiger partial charge in [0.2, 0.25) is 0 Å². The third kappa shape index (κ3) is 12.4. The summed E-state index contributed by atoms with van der Waals surface area (Å²) in [5, 5.41) is -1.53. The molecule has 17 aromatic carbocycles. The lowest BCUT2D eigenvalue weighted by molar-refractivity contribution is 0.590. The highest BCUT2D eigenvalue weighted by Gasteiger charge is 2.47. The summed E-state index contributed by atoms with van der Waals surface area (Å²) >= 11 is 0. The van der Waals surface area contributed by atoms with Gasteiger partial charge in [-0.1, -0.05) is 344 Å². The van der Waals surface area contributed by atoms with Crippen LogP contribution in [0.1, 0.15) is 85.6 Å². The smallest absolute Gasteiger partial charge is 0.252 e. The predicted molar refractivity (Wildman–Crippen MR) is 531 cm³/mol. The Labute approximate surface area is 776 Å². The van der Waals surface area contributed by atoms with Crippen LogP contribution >= 0.6 is 0 Å². The van der Waals surface area contributed by atoms with Gasteiger partial charge in [0.05, 0.1) is 83.1 Å². The second kappa shape index (κ2) is 29.8. The number of hydrogen-bond donors (Lipinski definition) is 0. The molecule has 0 unspecified atom stereocenters. The van der Waals surface area contributed by atoms with Crippen LogP contribution in [0, 0.1) is 0 Å². The number of anilines is 6. The number of para-hydroxylation sites is 6. The van der Waals surface area contributed by atoms with E-state index in [0.717, 1.165) is 11.1 Å². The number of aromatic nitrogens is 9. The maximum Gasteiger partial charge on any atom is 0.252 e. The van der Waals surface area contributed by atoms with E-state index in [1.54, 1.807) is 36.4 Å². The molecule has 24 rings (SSSR count). The molecule has 2 aliphatic heterocycles. The van der Waals surface area contributed by atoms with Gasteiger partial charge in [0, 0.05) is 111 Å². The SMILES string of the molecule is [2H]c1c([2H])c([2H])c2c(c1[2H])c1c([2H])c([2H])c([2H])c([2H])c1n2-c1ccc2c(c1)N(c1c(-c3ccccc3)cc(C(C)(C)C)cc1-c1nc(-c3ccccc3)nc(-c3ccccc3)n1)c1cc(-n3c4c([2H])c([2H])c([2H])c([2H])c4c4c([2H])c([2H])c([2H])c([2H])c43)cc3c1B2c1ccc(-n2c4c([2H])c([2H])c([2H])c([2H])c4c4c([2H])c([2H])c([2H])c([2H])c42)cc1N3c1c(-c2ccccc2)cc(C(C)(C)C)cc1-c1nc(-c2ccccc2)nc(-c2ccccc2)n1. The van der Waals surface area contributed by atoms with Crippen LogP contribution in [0.25, 0.3) is 173 Å². The molecule has 0 saturated carbocycles. The molecule has 12 heteroatoms. The van der Waals surface area contributed by atoms with Crippen molar-refractivity contribution in [2.75, 3.05) is 9.80 Å². The normalized spacial score (nSPS) is 15.2. The van der Waals surface area contributed by atoms with Crippen molar-refractivity contribution in [2.45, 2.75) is 52.4 Å². The molecule has 606 valence electrons. The Kier molecular flexibility index (Phi) is 12.7. The van der Waals surface area contributed by atoms with Crippen molar-refractivity contribution in [3.05, 3.63) is 411 Å². The van der Waals surface area contributed by atoms with Crippen LogP contribution in [0.15, 0.2) is 400 Å². The van der Waals surface area contributed by atoms with Crippen molar-refractivity contribution >= 4 is 123 Å². The summed E-state index contributed by atoms with van der Waals surface area (Å²) in [6.45, 7) is 11.2. The van der Waals surface area contributed by atoms with Crippen LogP contribution in [0.3, 0.4) is 0 Å². The number of rotatable bonds is 13. The summed E-state index contributed by atoms with van der Waals surface area (Å²) < 4.78 is 241. The molecule has 22 aromatic rings. The summed E-state index contributed by atoms with van der Waals surface area (Å²) in [5.41, 5.74) is 6.23. The zero-order chi connectivity index (χ0) is 107. The Balaban J connectivity index is 0.979. The van der Waals surface area contributed by atoms with Gasteiger partial charge in [0.25, 0.3) is 6.71 Å². The largest absolute Gasteiger partial charge is 0.310 e. The highest BCUT2D eigenvalue weighted by Crippen LogP contribution is 2.56. The molecule has 0 atom stereocenters. The van der Waals surface area contributed by atoms with Crippen molar-refractivity contribution in [2.24, 2.45) is 0 Å². The van der Waals surface area contributed by atoms with Crippen molar-refractivity contribution in [3.8, 4) is 108 Å². The minimum Gasteiger partial charge on any atom is -0.310 e. The molecule has 5 aromatic heterocycles. The van der Waals surface area contributed by atoms with E-state index < -0.39 is 163 Å². The van der Waals surface area contributed by atoms with Crippen molar-refractivity contribution in [3.63, 3.8) is 0 Å². The van der Waals surface area contributed by atoms with E-state index in [4.69, 9.17) is 29.9 Å². The first-order valence-electron chi connectivity index (χ1n) is 54.1. The van der Waals surface area contributed by atoms with E-state index in [-0.39, 0.29) is 140 Å². The first kappa shape index (κ1) is 54.4. The Morgan fingerprint density at radius 1 is 0.242 bits per heavy atom. The molecular weight excluding hydrogens is 1560 g/mol. The maximum atomic E-state index is 10.6. The van der Waals surface area contributed by atoms with E-state index in [0.29, 0.717) is 83.4 Å². The van der Waals surface area contributed by atoms with Crippen LogP contribution in [0.2, 0.25) is 0 Å². The molecule has 7 heterocycles. The number of nitrogens with zero attached hydrogens (tertiary/aromatic N) is 11. The van der Waals surface area contributed by atoms with Gasteiger partial charge in [0.1, 0.15) is 0 Å². The summed E-state index contributed by atoms with van der Waals surface area (Å²) in [4.78, 5) is 37.2. The second-order valence-corrected chi connectivity index (χ2v) is 34.0. The molecule has 0 aliphatic carbocycles. The molecule has 11 nitrogen and oxygen atoms in total. The number of hydrogen-bond acceptors (Lipinski definition) is 8. The van der Waals surface area contributed by atoms with Crippen molar-refractivity contribution < 1.29 is 32.9 Å². The molecule has 0 saturated heterocycles. The average molecular weight is 1670 g/mol. The first-order chi connectivity index (χ1) is 72.7. The summed E-state index contributed by atoms with van der Waals surface area (Å²) in [6.07, 6.45) is 0. The molecule has 0 bridgehead atoms. The number of fused-ring (bicyclic) bond motifs is 13. The fraction of sp³-hybridized carbons (Fsp3) is 0.0690. The van der Waals surface area contributed by atoms with Crippen LogP contribution in [0.4, 0.5) is 34.1 Å². The first-order valence-corrected chi connectivity index (χ1v) is 42.1. The van der Waals surface area contributed by atoms with Gasteiger partial charge in [-0.2, -0.15) is 0 Å². The molecule has 0 amide bonds. The highest BCUT2D eigenvalue weighted by atomic mass is 15.2. The lowest BCUT2D eigenvalue weighted by Gasteiger charge is -2.46. The molecule has 128 heavy (non-hydrogen) atoms. The molecule has 0 fully saturated rings. The topological polar surface area (TPSA) is 98.6 Å². The Hall–Kier alpha value is -16.2. The highest BCUT2D eigenvalue weighted by molar-refractivity contribution is 7.00. The Morgan fingerprint density at radius 3 is 0.766 bits per heavy atom. The quantitative estimate of drug-likeness (QED) is 0.105. The minimum atomic E-state index is -1.25. The summed E-state index contributed by atoms with van der Waals surface area (Å²) in [5.74, 6) is 1.16. The zero-order valence-electron chi connectivity index (χ0n) is 93.7. The maximum absolute atomic E-state index is 10.6. The van der Waals surface area contributed by atoms with Gasteiger partial charge < -0.3 is 23.5 Å².